The van der Waals surface area contributed by atoms with Crippen molar-refractivity contribution in [2.24, 2.45) is 0 Å². The van der Waals surface area contributed by atoms with Gasteiger partial charge in [0.15, 0.2) is 0 Å². The molecular formula is C22H24O4P2. The van der Waals surface area contributed by atoms with E-state index in [0.717, 1.165) is 0 Å². The van der Waals surface area contributed by atoms with Gasteiger partial charge in [-0.15, -0.1) is 0 Å². The van der Waals surface area contributed by atoms with Crippen LogP contribution in [0, 0.1) is 0 Å². The second kappa shape index (κ2) is 9.03. The van der Waals surface area contributed by atoms with Crippen LogP contribution in [0.2, 0.25) is 0 Å². The first-order chi connectivity index (χ1) is 13.6. The van der Waals surface area contributed by atoms with Crippen LogP contribution in [-0.4, -0.2) is 13.2 Å². The Bertz CT molecular complexity index is 921. The summed E-state index contributed by atoms with van der Waals surface area (Å²) in [5.74, 6) is 0. The lowest BCUT2D eigenvalue weighted by molar-refractivity contribution is 0.345. The van der Waals surface area contributed by atoms with Gasteiger partial charge < -0.3 is 9.05 Å². The minimum absolute atomic E-state index is 0.269. The van der Waals surface area contributed by atoms with E-state index >= 15 is 0 Å². The molecule has 0 aliphatic heterocycles. The topological polar surface area (TPSA) is 52.6 Å². The predicted molar refractivity (Wildman–Crippen MR) is 116 cm³/mol. The van der Waals surface area contributed by atoms with Crippen LogP contribution in [0.15, 0.2) is 84.9 Å². The highest BCUT2D eigenvalue weighted by atomic mass is 31.2. The average Bonchev–Trinajstić information content (AvgIpc) is 2.75. The summed E-state index contributed by atoms with van der Waals surface area (Å²) in [6.45, 7) is 4.14. The van der Waals surface area contributed by atoms with Gasteiger partial charge in [0.1, 0.15) is 0 Å². The average molecular weight is 414 g/mol. The molecule has 0 saturated carbocycles. The zero-order valence-corrected chi connectivity index (χ0v) is 17.8. The van der Waals surface area contributed by atoms with Gasteiger partial charge in [0.2, 0.25) is 0 Å². The second-order valence-corrected chi connectivity index (χ2v) is 10.8. The molecule has 28 heavy (non-hydrogen) atoms. The van der Waals surface area contributed by atoms with Gasteiger partial charge in [0, 0.05) is 10.6 Å². The molecule has 0 fully saturated rings. The monoisotopic (exact) mass is 414 g/mol. The molecule has 0 bridgehead atoms. The number of hydrogen-bond donors (Lipinski definition) is 0. The minimum atomic E-state index is -3.45. The fourth-order valence-electron chi connectivity index (χ4n) is 3.14. The maximum atomic E-state index is 14.1. The molecule has 0 heterocycles. The van der Waals surface area contributed by atoms with E-state index in [4.69, 9.17) is 9.05 Å². The molecule has 4 nitrogen and oxygen atoms in total. The van der Waals surface area contributed by atoms with Crippen molar-refractivity contribution < 1.29 is 18.2 Å². The number of rotatable bonds is 8. The molecule has 6 heteroatoms. The largest absolute Gasteiger partial charge is 0.322 e. The third-order valence-corrected chi connectivity index (χ3v) is 9.75. The van der Waals surface area contributed by atoms with Gasteiger partial charge >= 0.3 is 0 Å². The van der Waals surface area contributed by atoms with E-state index in [0.29, 0.717) is 21.2 Å². The van der Waals surface area contributed by atoms with Crippen LogP contribution in [0.1, 0.15) is 13.8 Å². The van der Waals surface area contributed by atoms with E-state index in [2.05, 4.69) is 0 Å². The summed E-state index contributed by atoms with van der Waals surface area (Å²) in [6.07, 6.45) is 0. The van der Waals surface area contributed by atoms with E-state index in [9.17, 15) is 9.13 Å². The SMILES string of the molecule is CCOP(=O)(c1ccccc1)c1ccccc1P(=O)(OCC)c1ccccc1. The molecule has 146 valence electrons. The van der Waals surface area contributed by atoms with Crippen molar-refractivity contribution in [3.05, 3.63) is 84.9 Å². The fourth-order valence-corrected chi connectivity index (χ4v) is 8.24. The minimum Gasteiger partial charge on any atom is -0.322 e. The molecule has 0 aliphatic carbocycles. The first kappa shape index (κ1) is 20.8. The summed E-state index contributed by atoms with van der Waals surface area (Å²) in [6, 6.07) is 25.2. The summed E-state index contributed by atoms with van der Waals surface area (Å²) < 4.78 is 39.9. The molecule has 0 N–H and O–H groups in total. The first-order valence-corrected chi connectivity index (χ1v) is 12.5. The molecule has 0 aliphatic rings. The fraction of sp³-hybridized carbons (Fsp3) is 0.182. The Morgan fingerprint density at radius 2 is 0.893 bits per heavy atom. The first-order valence-electron chi connectivity index (χ1n) is 9.27. The Kier molecular flexibility index (Phi) is 6.69. The standard InChI is InChI=1S/C22H24O4P2/c1-3-25-27(23,19-13-7-5-8-14-19)21-17-11-12-18-22(21)28(24,26-4-2)20-15-9-6-10-16-20/h5-18H,3-4H2,1-2H3. The Morgan fingerprint density at radius 1 is 0.571 bits per heavy atom. The summed E-state index contributed by atoms with van der Waals surface area (Å²) in [5.41, 5.74) is 0. The number of hydrogen-bond acceptors (Lipinski definition) is 4. The zero-order valence-electron chi connectivity index (χ0n) is 16.0. The van der Waals surface area contributed by atoms with E-state index < -0.39 is 14.7 Å². The van der Waals surface area contributed by atoms with Crippen LogP contribution in [0.3, 0.4) is 0 Å². The lowest BCUT2D eigenvalue weighted by atomic mass is 10.4. The zero-order chi connectivity index (χ0) is 20.0. The van der Waals surface area contributed by atoms with E-state index in [1.54, 1.807) is 62.4 Å². The highest BCUT2D eigenvalue weighted by molar-refractivity contribution is 7.80. The number of benzene rings is 3. The van der Waals surface area contributed by atoms with Crippen molar-refractivity contribution in [2.75, 3.05) is 13.2 Å². The molecule has 2 atom stereocenters. The van der Waals surface area contributed by atoms with Crippen molar-refractivity contribution in [2.45, 2.75) is 13.8 Å². The van der Waals surface area contributed by atoms with Crippen molar-refractivity contribution in [1.29, 1.82) is 0 Å². The summed E-state index contributed by atoms with van der Waals surface area (Å²) >= 11 is 0. The molecule has 3 aromatic rings. The molecule has 0 spiro atoms. The van der Waals surface area contributed by atoms with Crippen molar-refractivity contribution in [1.82, 2.24) is 0 Å². The summed E-state index contributed by atoms with van der Waals surface area (Å²) in [4.78, 5) is 0. The molecule has 0 aromatic heterocycles. The molecule has 2 unspecified atom stereocenters. The van der Waals surface area contributed by atoms with Crippen molar-refractivity contribution in [3.8, 4) is 0 Å². The van der Waals surface area contributed by atoms with Gasteiger partial charge in [0.05, 0.1) is 23.8 Å². The highest BCUT2D eigenvalue weighted by Gasteiger charge is 2.38. The van der Waals surface area contributed by atoms with E-state index in [1.165, 1.54) is 0 Å². The van der Waals surface area contributed by atoms with Gasteiger partial charge in [-0.05, 0) is 50.2 Å². The van der Waals surface area contributed by atoms with Gasteiger partial charge in [-0.2, -0.15) is 0 Å². The van der Waals surface area contributed by atoms with Gasteiger partial charge in [-0.1, -0.05) is 48.5 Å². The third kappa shape index (κ3) is 3.92. The van der Waals surface area contributed by atoms with Crippen LogP contribution in [0.25, 0.3) is 0 Å². The molecule has 3 rings (SSSR count). The van der Waals surface area contributed by atoms with Gasteiger partial charge in [-0.25, -0.2) is 0 Å². The highest BCUT2D eigenvalue weighted by Crippen LogP contribution is 2.50. The molecule has 3 aromatic carbocycles. The summed E-state index contributed by atoms with van der Waals surface area (Å²) in [7, 11) is -6.91. The summed E-state index contributed by atoms with van der Waals surface area (Å²) in [5, 5.41) is 1.98. The van der Waals surface area contributed by atoms with Crippen molar-refractivity contribution in [3.63, 3.8) is 0 Å². The van der Waals surface area contributed by atoms with Gasteiger partial charge in [-0.3, -0.25) is 9.13 Å². The van der Waals surface area contributed by atoms with E-state index in [-0.39, 0.29) is 13.2 Å². The quantitative estimate of drug-likeness (QED) is 0.518. The molecular weight excluding hydrogens is 390 g/mol. The maximum absolute atomic E-state index is 14.1. The van der Waals surface area contributed by atoms with Crippen LogP contribution >= 0.6 is 14.7 Å². The molecule has 0 radical (unpaired) electrons. The normalized spacial score (nSPS) is 15.5. The second-order valence-electron chi connectivity index (χ2n) is 6.10. The molecule has 0 saturated heterocycles. The van der Waals surface area contributed by atoms with Crippen LogP contribution in [0.4, 0.5) is 0 Å². The Hall–Kier alpha value is -1.96. The smallest absolute Gasteiger partial charge is 0.262 e. The van der Waals surface area contributed by atoms with Crippen LogP contribution < -0.4 is 21.2 Å². The molecule has 0 amide bonds. The van der Waals surface area contributed by atoms with Crippen molar-refractivity contribution >= 4 is 36.0 Å². The maximum Gasteiger partial charge on any atom is 0.262 e. The Morgan fingerprint density at radius 3 is 1.21 bits per heavy atom. The van der Waals surface area contributed by atoms with Crippen LogP contribution in [-0.2, 0) is 18.2 Å². The van der Waals surface area contributed by atoms with Crippen LogP contribution in [0.5, 0.6) is 0 Å². The lowest BCUT2D eigenvalue weighted by Gasteiger charge is -2.25. The third-order valence-electron chi connectivity index (χ3n) is 4.33. The van der Waals surface area contributed by atoms with E-state index in [1.807, 2.05) is 36.4 Å². The Labute approximate surface area is 166 Å². The lowest BCUT2D eigenvalue weighted by Crippen LogP contribution is -2.33. The van der Waals surface area contributed by atoms with Gasteiger partial charge in [0.25, 0.3) is 14.7 Å². The Balaban J connectivity index is 2.27. The predicted octanol–water partition coefficient (Wildman–Crippen LogP) is 4.22.